The van der Waals surface area contributed by atoms with Crippen molar-refractivity contribution in [2.45, 2.75) is 0 Å². The van der Waals surface area contributed by atoms with Crippen molar-refractivity contribution in [3.8, 4) is 0 Å². The highest BCUT2D eigenvalue weighted by molar-refractivity contribution is 5.83. The van der Waals surface area contributed by atoms with Gasteiger partial charge in [-0.25, -0.2) is 76.7 Å². The highest BCUT2D eigenvalue weighted by Crippen LogP contribution is 1.77. The molecule has 0 saturated heterocycles. The smallest absolute Gasteiger partial charge is 0.327 e. The molecule has 0 heterocycles. The fourth-order valence-corrected chi connectivity index (χ4v) is 0.451. The summed E-state index contributed by atoms with van der Waals surface area (Å²) < 4.78 is 9.75. The van der Waals surface area contributed by atoms with E-state index < -0.39 is 95.5 Å². The number of aliphatic hydroxyl groups excluding tert-OH is 2. The fraction of sp³-hybridized carbons (Fsp3) is 0.111. The second-order valence-corrected chi connectivity index (χ2v) is 10.3. The van der Waals surface area contributed by atoms with Gasteiger partial charge in [-0.3, -0.25) is 0 Å². The molecule has 90 heavy (non-hydrogen) atoms. The quantitative estimate of drug-likeness (QED) is 0.0516. The van der Waals surface area contributed by atoms with Crippen LogP contribution in [0.3, 0.4) is 0 Å². The summed E-state index contributed by atoms with van der Waals surface area (Å²) >= 11 is 0. The standard InChI is InChI=1S/C6H14O4.16C3H4O2/c7-1-3-9-5-6-10-4-2-8;16*1-2-3(4)5/h7-8H,1-6H2;16*2H,1H2,(H,4,5). The van der Waals surface area contributed by atoms with Crippen LogP contribution in [0.2, 0.25) is 0 Å². The van der Waals surface area contributed by atoms with Crippen molar-refractivity contribution >= 4 is 95.5 Å². The number of carbonyl (C=O) groups is 16. The van der Waals surface area contributed by atoms with E-state index in [1.54, 1.807) is 0 Å². The summed E-state index contributed by atoms with van der Waals surface area (Å²) in [7, 11) is 0. The lowest BCUT2D eigenvalue weighted by molar-refractivity contribution is -0.132. The van der Waals surface area contributed by atoms with Crippen LogP contribution < -0.4 is 0 Å². The van der Waals surface area contributed by atoms with E-state index in [1.807, 2.05) is 0 Å². The van der Waals surface area contributed by atoms with Crippen LogP contribution >= 0.6 is 0 Å². The Hall–Kier alpha value is -12.8. The predicted molar refractivity (Wildman–Crippen MR) is 321 cm³/mol. The van der Waals surface area contributed by atoms with Crippen LogP contribution in [0.4, 0.5) is 0 Å². The van der Waals surface area contributed by atoms with Crippen molar-refractivity contribution in [2.75, 3.05) is 39.6 Å². The third kappa shape index (κ3) is 603. The van der Waals surface area contributed by atoms with Crippen molar-refractivity contribution < 1.29 is 178 Å². The molecule has 0 amide bonds. The number of aliphatic hydroxyl groups is 2. The fourth-order valence-electron chi connectivity index (χ4n) is 0.451. The van der Waals surface area contributed by atoms with Crippen molar-refractivity contribution in [1.82, 2.24) is 0 Å². The van der Waals surface area contributed by atoms with E-state index in [-0.39, 0.29) is 13.2 Å². The molecule has 0 aromatic carbocycles. The Bertz CT molecular complexity index is 1610. The summed E-state index contributed by atoms with van der Waals surface area (Å²) in [5.74, 6) is -15.7. The third-order valence-electron chi connectivity index (χ3n) is 3.64. The van der Waals surface area contributed by atoms with Crippen molar-refractivity contribution in [1.29, 1.82) is 0 Å². The summed E-state index contributed by atoms with van der Waals surface area (Å²) in [5.41, 5.74) is 0. The first kappa shape index (κ1) is 124. The second kappa shape index (κ2) is 123. The average molecular weight is 1300 g/mol. The predicted octanol–water partition coefficient (Wildman–Crippen LogP) is 3.12. The van der Waals surface area contributed by atoms with Crippen LogP contribution in [0, 0.1) is 0 Å². The molecule has 0 aliphatic carbocycles. The molecule has 0 rings (SSSR count). The summed E-state index contributed by atoms with van der Waals surface area (Å²) in [6.45, 7) is 49.1. The van der Waals surface area contributed by atoms with E-state index in [4.69, 9.17) is 101 Å². The monoisotopic (exact) mass is 1300 g/mol. The Morgan fingerprint density at radius 3 is 0.267 bits per heavy atom. The Morgan fingerprint density at radius 1 is 0.178 bits per heavy atom. The average Bonchev–Trinajstić information content (AvgIpc) is 3.49. The van der Waals surface area contributed by atoms with Crippen LogP contribution in [0.15, 0.2) is 202 Å². The maximum absolute atomic E-state index is 9.25. The van der Waals surface area contributed by atoms with Crippen molar-refractivity contribution in [3.63, 3.8) is 0 Å². The zero-order valence-electron chi connectivity index (χ0n) is 48.2. The highest BCUT2D eigenvalue weighted by atomic mass is 16.5. The van der Waals surface area contributed by atoms with E-state index in [2.05, 4.69) is 105 Å². The molecule has 0 saturated carbocycles. The molecule has 18 N–H and O–H groups in total. The molecule has 36 heteroatoms. The van der Waals surface area contributed by atoms with Gasteiger partial charge in [-0.2, -0.15) is 0 Å². The number of rotatable bonds is 23. The Balaban J connectivity index is -0.0000000421. The molecule has 0 atom stereocenters. The lowest BCUT2D eigenvalue weighted by Crippen LogP contribution is -2.09. The SMILES string of the molecule is C=CC(=O)O.C=CC(=O)O.C=CC(=O)O.C=CC(=O)O.C=CC(=O)O.C=CC(=O)O.C=CC(=O)O.C=CC(=O)O.C=CC(=O)O.C=CC(=O)O.C=CC(=O)O.C=CC(=O)O.C=CC(=O)O.C=CC(=O)O.C=CC(=O)O.C=CC(=O)O.OCCOCCOCCO. The van der Waals surface area contributed by atoms with Crippen LogP contribution in [0.25, 0.3) is 0 Å². The summed E-state index contributed by atoms with van der Waals surface area (Å²) in [4.78, 5) is 148. The Labute approximate surface area is 514 Å². The zero-order valence-corrected chi connectivity index (χ0v) is 48.2. The maximum atomic E-state index is 9.25. The van der Waals surface area contributed by atoms with Crippen molar-refractivity contribution in [2.24, 2.45) is 0 Å². The van der Waals surface area contributed by atoms with E-state index in [9.17, 15) is 76.7 Å². The molecule has 510 valence electrons. The molecule has 0 fully saturated rings. The third-order valence-corrected chi connectivity index (χ3v) is 3.64. The number of carboxylic acid groups (broad SMARTS) is 16. The van der Waals surface area contributed by atoms with Crippen LogP contribution in [-0.2, 0) is 86.2 Å². The van der Waals surface area contributed by atoms with Gasteiger partial charge in [-0.05, 0) is 0 Å². The molecule has 0 bridgehead atoms. The van der Waals surface area contributed by atoms with Gasteiger partial charge in [-0.1, -0.05) is 105 Å². The molecule has 0 aromatic rings. The Morgan fingerprint density at radius 2 is 0.233 bits per heavy atom. The molecule has 0 aliphatic rings. The normalized spacial score (nSPS) is 6.82. The molecule has 0 spiro atoms. The van der Waals surface area contributed by atoms with Gasteiger partial charge in [0.1, 0.15) is 0 Å². The summed E-state index contributed by atoms with van der Waals surface area (Å²) in [5, 5.41) is 138. The molecule has 0 unspecified atom stereocenters. The number of aliphatic carboxylic acids is 16. The van der Waals surface area contributed by atoms with Gasteiger partial charge in [-0.15, -0.1) is 0 Å². The minimum atomic E-state index is -0.981. The first-order valence-electron chi connectivity index (χ1n) is 21.3. The first-order valence-corrected chi connectivity index (χ1v) is 21.3. The van der Waals surface area contributed by atoms with Crippen LogP contribution in [0.1, 0.15) is 0 Å². The summed E-state index contributed by atoms with van der Waals surface area (Å²) in [6, 6.07) is 0. The van der Waals surface area contributed by atoms with Gasteiger partial charge in [0.25, 0.3) is 0 Å². The first-order chi connectivity index (χ1) is 41.2. The van der Waals surface area contributed by atoms with E-state index in [0.717, 1.165) is 97.2 Å². The molecule has 36 nitrogen and oxygen atoms in total. The lowest BCUT2D eigenvalue weighted by atomic mass is 10.7. The second-order valence-electron chi connectivity index (χ2n) is 10.3. The minimum absolute atomic E-state index is 0.0417. The van der Waals surface area contributed by atoms with Gasteiger partial charge in [0, 0.05) is 97.2 Å². The van der Waals surface area contributed by atoms with E-state index >= 15 is 0 Å². The van der Waals surface area contributed by atoms with Gasteiger partial charge in [0.05, 0.1) is 39.6 Å². The molecular weight excluding hydrogens is 1220 g/mol. The van der Waals surface area contributed by atoms with Crippen LogP contribution in [-0.4, -0.2) is 227 Å². The minimum Gasteiger partial charge on any atom is -0.478 e. The topological polar surface area (TPSA) is 656 Å². The maximum Gasteiger partial charge on any atom is 0.327 e. The van der Waals surface area contributed by atoms with Gasteiger partial charge in [0.15, 0.2) is 0 Å². The van der Waals surface area contributed by atoms with Gasteiger partial charge in [0.2, 0.25) is 0 Å². The number of hydrogen-bond acceptors (Lipinski definition) is 20. The molecule has 0 aliphatic heterocycles. The Kier molecular flexibility index (Phi) is 169. The van der Waals surface area contributed by atoms with E-state index in [1.165, 1.54) is 0 Å². The largest absolute Gasteiger partial charge is 0.478 e. The van der Waals surface area contributed by atoms with E-state index in [0.29, 0.717) is 26.4 Å². The number of carboxylic acids is 16. The zero-order chi connectivity index (χ0) is 76.2. The molecule has 0 radical (unpaired) electrons. The molecule has 0 aromatic heterocycles. The van der Waals surface area contributed by atoms with Crippen LogP contribution in [0.5, 0.6) is 0 Å². The van der Waals surface area contributed by atoms with Crippen molar-refractivity contribution in [3.05, 3.63) is 202 Å². The lowest BCUT2D eigenvalue weighted by Gasteiger charge is -2.01. The number of ether oxygens (including phenoxy) is 2. The number of hydrogen-bond donors (Lipinski definition) is 18. The molecular formula is C54H78O36. The summed E-state index contributed by atoms with van der Waals surface area (Å²) in [6.07, 6.45) is 13.3. The van der Waals surface area contributed by atoms with Gasteiger partial charge < -0.3 is 101 Å². The highest BCUT2D eigenvalue weighted by Gasteiger charge is 1.87. The van der Waals surface area contributed by atoms with Gasteiger partial charge >= 0.3 is 95.5 Å².